The number of rotatable bonds is 3. The van der Waals surface area contributed by atoms with Gasteiger partial charge in [0.2, 0.25) is 5.54 Å². The van der Waals surface area contributed by atoms with Crippen LogP contribution in [0.3, 0.4) is 0 Å². The van der Waals surface area contributed by atoms with Crippen LogP contribution in [-0.4, -0.2) is 21.7 Å². The van der Waals surface area contributed by atoms with Crippen molar-refractivity contribution in [3.8, 4) is 0 Å². The summed E-state index contributed by atoms with van der Waals surface area (Å²) in [5, 5.41) is 20.7. The monoisotopic (exact) mass is 201 g/mol. The van der Waals surface area contributed by atoms with Crippen LogP contribution in [0.4, 0.5) is 0 Å². The van der Waals surface area contributed by atoms with Crippen molar-refractivity contribution in [2.45, 2.75) is 57.6 Å². The maximum absolute atomic E-state index is 10.8. The molecule has 0 aromatic rings. The van der Waals surface area contributed by atoms with Crippen LogP contribution in [0.25, 0.3) is 0 Å². The molecule has 1 N–H and O–H groups in total. The van der Waals surface area contributed by atoms with Gasteiger partial charge in [-0.3, -0.25) is 10.1 Å². The van der Waals surface area contributed by atoms with Crippen LogP contribution in [-0.2, 0) is 0 Å². The molecule has 1 aliphatic carbocycles. The van der Waals surface area contributed by atoms with Gasteiger partial charge in [-0.2, -0.15) is 0 Å². The summed E-state index contributed by atoms with van der Waals surface area (Å²) >= 11 is 0. The molecule has 0 aromatic heterocycles. The van der Waals surface area contributed by atoms with Crippen LogP contribution in [0.2, 0.25) is 0 Å². The van der Waals surface area contributed by atoms with Gasteiger partial charge in [0.05, 0.1) is 0 Å². The second-order valence-electron chi connectivity index (χ2n) is 4.75. The third-order valence-electron chi connectivity index (χ3n) is 3.29. The molecule has 1 fully saturated rings. The molecule has 4 nitrogen and oxygen atoms in total. The van der Waals surface area contributed by atoms with Gasteiger partial charge in [0.25, 0.3) is 0 Å². The van der Waals surface area contributed by atoms with Crippen molar-refractivity contribution in [2.24, 2.45) is 5.92 Å². The Morgan fingerprint density at radius 2 is 1.86 bits per heavy atom. The van der Waals surface area contributed by atoms with Crippen LogP contribution < -0.4 is 0 Å². The standard InChI is InChI=1S/C10H19NO3/c1-10(2,11(13)14)9(12)8-6-4-3-5-7-8/h8-9,12H,3-7H2,1-2H3. The van der Waals surface area contributed by atoms with Gasteiger partial charge in [0.1, 0.15) is 6.10 Å². The number of nitro groups is 1. The van der Waals surface area contributed by atoms with E-state index < -0.39 is 11.6 Å². The first-order valence-corrected chi connectivity index (χ1v) is 5.29. The smallest absolute Gasteiger partial charge is 0.242 e. The average molecular weight is 201 g/mol. The van der Waals surface area contributed by atoms with E-state index in [0.717, 1.165) is 25.7 Å². The highest BCUT2D eigenvalue weighted by atomic mass is 16.6. The summed E-state index contributed by atoms with van der Waals surface area (Å²) in [4.78, 5) is 10.4. The molecule has 1 saturated carbocycles. The SMILES string of the molecule is CC(C)(C(O)C1CCCCC1)[N+](=O)[O-]. The van der Waals surface area contributed by atoms with Gasteiger partial charge in [-0.25, -0.2) is 0 Å². The summed E-state index contributed by atoms with van der Waals surface area (Å²) < 4.78 is 0. The van der Waals surface area contributed by atoms with E-state index in [1.54, 1.807) is 0 Å². The first kappa shape index (κ1) is 11.4. The number of hydrogen-bond donors (Lipinski definition) is 1. The number of hydrogen-bond acceptors (Lipinski definition) is 3. The summed E-state index contributed by atoms with van der Waals surface area (Å²) in [6, 6.07) is 0. The molecule has 4 heteroatoms. The van der Waals surface area contributed by atoms with Crippen molar-refractivity contribution in [2.75, 3.05) is 0 Å². The number of aliphatic hydroxyl groups excluding tert-OH is 1. The minimum atomic E-state index is -1.21. The Labute approximate surface area is 84.5 Å². The molecule has 0 heterocycles. The molecular weight excluding hydrogens is 182 g/mol. The fraction of sp³-hybridized carbons (Fsp3) is 1.00. The zero-order valence-electron chi connectivity index (χ0n) is 8.90. The van der Waals surface area contributed by atoms with Gasteiger partial charge in [-0.05, 0) is 18.8 Å². The highest BCUT2D eigenvalue weighted by molar-refractivity contribution is 4.85. The molecule has 0 bridgehead atoms. The summed E-state index contributed by atoms with van der Waals surface area (Å²) in [5.74, 6) is 0.115. The largest absolute Gasteiger partial charge is 0.385 e. The Bertz CT molecular complexity index is 209. The van der Waals surface area contributed by atoms with Crippen LogP contribution >= 0.6 is 0 Å². The van der Waals surface area contributed by atoms with Gasteiger partial charge in [-0.1, -0.05) is 19.3 Å². The zero-order valence-corrected chi connectivity index (χ0v) is 8.90. The second-order valence-corrected chi connectivity index (χ2v) is 4.75. The molecule has 0 aromatic carbocycles. The summed E-state index contributed by atoms with van der Waals surface area (Å²) in [6.07, 6.45) is 4.43. The lowest BCUT2D eigenvalue weighted by molar-refractivity contribution is -0.575. The van der Waals surface area contributed by atoms with Gasteiger partial charge < -0.3 is 5.11 Å². The van der Waals surface area contributed by atoms with Gasteiger partial charge >= 0.3 is 0 Å². The molecule has 1 rings (SSSR count). The lowest BCUT2D eigenvalue weighted by Gasteiger charge is -2.31. The lowest BCUT2D eigenvalue weighted by Crippen LogP contribution is -2.48. The second kappa shape index (κ2) is 4.26. The summed E-state index contributed by atoms with van der Waals surface area (Å²) in [7, 11) is 0. The molecule has 0 saturated heterocycles. The Hall–Kier alpha value is -0.640. The van der Waals surface area contributed by atoms with Crippen molar-refractivity contribution < 1.29 is 10.0 Å². The van der Waals surface area contributed by atoms with E-state index in [1.165, 1.54) is 20.3 Å². The molecule has 0 radical (unpaired) electrons. The molecule has 0 aliphatic heterocycles. The van der Waals surface area contributed by atoms with E-state index in [4.69, 9.17) is 0 Å². The van der Waals surface area contributed by atoms with Crippen molar-refractivity contribution in [1.29, 1.82) is 0 Å². The van der Waals surface area contributed by atoms with Gasteiger partial charge in [0.15, 0.2) is 0 Å². The van der Waals surface area contributed by atoms with Crippen molar-refractivity contribution in [1.82, 2.24) is 0 Å². The third kappa shape index (κ3) is 2.23. The minimum Gasteiger partial charge on any atom is -0.385 e. The molecule has 1 aliphatic rings. The Morgan fingerprint density at radius 1 is 1.36 bits per heavy atom. The topological polar surface area (TPSA) is 63.4 Å². The van der Waals surface area contributed by atoms with Crippen LogP contribution in [0.1, 0.15) is 46.0 Å². The van der Waals surface area contributed by atoms with E-state index in [9.17, 15) is 15.2 Å². The van der Waals surface area contributed by atoms with Crippen LogP contribution in [0, 0.1) is 16.0 Å². The predicted octanol–water partition coefficient (Wildman–Crippen LogP) is 1.98. The normalized spacial score (nSPS) is 21.9. The maximum atomic E-state index is 10.8. The summed E-state index contributed by atoms with van der Waals surface area (Å²) in [5.41, 5.74) is -1.21. The fourth-order valence-electron chi connectivity index (χ4n) is 2.13. The highest BCUT2D eigenvalue weighted by Crippen LogP contribution is 2.31. The molecular formula is C10H19NO3. The van der Waals surface area contributed by atoms with Crippen molar-refractivity contribution >= 4 is 0 Å². The van der Waals surface area contributed by atoms with E-state index in [2.05, 4.69) is 0 Å². The first-order valence-electron chi connectivity index (χ1n) is 5.29. The molecule has 1 atom stereocenters. The Kier molecular flexibility index (Phi) is 3.48. The maximum Gasteiger partial charge on any atom is 0.242 e. The molecule has 82 valence electrons. The lowest BCUT2D eigenvalue weighted by atomic mass is 9.78. The number of aliphatic hydroxyl groups is 1. The molecule has 0 spiro atoms. The van der Waals surface area contributed by atoms with Gasteiger partial charge in [-0.15, -0.1) is 0 Å². The van der Waals surface area contributed by atoms with Crippen molar-refractivity contribution in [3.05, 3.63) is 10.1 Å². The molecule has 1 unspecified atom stereocenters. The van der Waals surface area contributed by atoms with E-state index in [1.807, 2.05) is 0 Å². The van der Waals surface area contributed by atoms with Gasteiger partial charge in [0, 0.05) is 18.8 Å². The fourth-order valence-corrected chi connectivity index (χ4v) is 2.13. The predicted molar refractivity (Wildman–Crippen MR) is 53.7 cm³/mol. The van der Waals surface area contributed by atoms with Crippen LogP contribution in [0.15, 0.2) is 0 Å². The zero-order chi connectivity index (χ0) is 10.8. The third-order valence-corrected chi connectivity index (χ3v) is 3.29. The molecule has 0 amide bonds. The average Bonchev–Trinajstić information content (AvgIpc) is 2.17. The van der Waals surface area contributed by atoms with E-state index in [-0.39, 0.29) is 10.8 Å². The Morgan fingerprint density at radius 3 is 2.29 bits per heavy atom. The first-order chi connectivity index (χ1) is 6.46. The summed E-state index contributed by atoms with van der Waals surface area (Å²) in [6.45, 7) is 3.01. The quantitative estimate of drug-likeness (QED) is 0.561. The Balaban J connectivity index is 2.62. The van der Waals surface area contributed by atoms with Crippen molar-refractivity contribution in [3.63, 3.8) is 0 Å². The number of nitrogens with zero attached hydrogens (tertiary/aromatic N) is 1. The minimum absolute atomic E-state index is 0.115. The van der Waals surface area contributed by atoms with E-state index >= 15 is 0 Å². The highest BCUT2D eigenvalue weighted by Gasteiger charge is 2.44. The van der Waals surface area contributed by atoms with Crippen LogP contribution in [0.5, 0.6) is 0 Å². The molecule has 14 heavy (non-hydrogen) atoms. The van der Waals surface area contributed by atoms with E-state index in [0.29, 0.717) is 0 Å².